The molecular formula is C23H28N4O5. The van der Waals surface area contributed by atoms with Crippen LogP contribution in [0.5, 0.6) is 11.5 Å². The molecule has 3 rings (SSSR count). The van der Waals surface area contributed by atoms with Crippen molar-refractivity contribution in [3.05, 3.63) is 52.6 Å². The molecule has 32 heavy (non-hydrogen) atoms. The summed E-state index contributed by atoms with van der Waals surface area (Å²) < 4.78 is 10.7. The van der Waals surface area contributed by atoms with Crippen molar-refractivity contribution in [2.45, 2.75) is 19.9 Å². The highest BCUT2D eigenvalue weighted by Gasteiger charge is 2.46. The summed E-state index contributed by atoms with van der Waals surface area (Å²) in [4.78, 5) is 37.9. The Bertz CT molecular complexity index is 1080. The Morgan fingerprint density at radius 2 is 1.84 bits per heavy atom. The number of amides is 1. The maximum atomic E-state index is 13.1. The fraction of sp³-hybridized carbons (Fsp3) is 0.391. The van der Waals surface area contributed by atoms with Gasteiger partial charge in [0.25, 0.3) is 11.7 Å². The molecule has 1 unspecified atom stereocenters. The van der Waals surface area contributed by atoms with Gasteiger partial charge in [-0.05, 0) is 45.6 Å². The van der Waals surface area contributed by atoms with Crippen LogP contribution >= 0.6 is 0 Å². The Morgan fingerprint density at radius 3 is 2.44 bits per heavy atom. The molecule has 1 saturated heterocycles. The molecule has 1 aliphatic rings. The Kier molecular flexibility index (Phi) is 6.78. The van der Waals surface area contributed by atoms with Gasteiger partial charge in [0.2, 0.25) is 0 Å². The van der Waals surface area contributed by atoms with Gasteiger partial charge in [-0.2, -0.15) is 0 Å². The van der Waals surface area contributed by atoms with Gasteiger partial charge in [0.1, 0.15) is 11.6 Å². The number of aliphatic hydroxyl groups is 1. The number of aromatic nitrogens is 2. The lowest BCUT2D eigenvalue weighted by atomic mass is 9.95. The number of carbonyl (C=O) groups is 2. The normalized spacial score (nSPS) is 17.8. The zero-order valence-electron chi connectivity index (χ0n) is 19.2. The molecule has 1 N–H and O–H groups in total. The van der Waals surface area contributed by atoms with Gasteiger partial charge in [-0.3, -0.25) is 9.59 Å². The number of carbonyl (C=O) groups excluding carboxylic acids is 2. The molecule has 2 heterocycles. The highest BCUT2D eigenvalue weighted by atomic mass is 16.5. The van der Waals surface area contributed by atoms with Crippen LogP contribution in [0.2, 0.25) is 0 Å². The number of hydrogen-bond acceptors (Lipinski definition) is 8. The average molecular weight is 441 g/mol. The quantitative estimate of drug-likeness (QED) is 0.396. The van der Waals surface area contributed by atoms with Gasteiger partial charge in [-0.15, -0.1) is 0 Å². The summed E-state index contributed by atoms with van der Waals surface area (Å²) in [6.07, 6.45) is 1.46. The summed E-state index contributed by atoms with van der Waals surface area (Å²) in [5.74, 6) is -0.197. The number of hydrogen-bond donors (Lipinski definition) is 1. The van der Waals surface area contributed by atoms with E-state index in [4.69, 9.17) is 9.47 Å². The first kappa shape index (κ1) is 23.2. The van der Waals surface area contributed by atoms with E-state index in [1.54, 1.807) is 32.0 Å². The van der Waals surface area contributed by atoms with Crippen LogP contribution in [0.3, 0.4) is 0 Å². The van der Waals surface area contributed by atoms with Crippen LogP contribution in [-0.4, -0.2) is 78.0 Å². The standard InChI is InChI=1S/C23H28N4O5/c1-13-16(12-24-14(2)25-13)21(28)19-20(15-7-8-17(31-5)18(11-15)32-6)27(10-9-26(3)4)23(30)22(19)29/h7-8,11-12,20,28H,9-10H2,1-6H3/b21-19+. The van der Waals surface area contributed by atoms with Crippen LogP contribution < -0.4 is 9.47 Å². The topological polar surface area (TPSA) is 105 Å². The molecule has 1 fully saturated rings. The zero-order valence-corrected chi connectivity index (χ0v) is 19.2. The fourth-order valence-corrected chi connectivity index (χ4v) is 3.75. The number of methoxy groups -OCH3 is 2. The van der Waals surface area contributed by atoms with Gasteiger partial charge in [0.05, 0.1) is 37.1 Å². The largest absolute Gasteiger partial charge is 0.507 e. The number of aliphatic hydroxyl groups excluding tert-OH is 1. The number of rotatable bonds is 7. The minimum absolute atomic E-state index is 0.00321. The number of ketones is 1. The van der Waals surface area contributed by atoms with Crippen molar-refractivity contribution in [1.29, 1.82) is 0 Å². The number of aryl methyl sites for hydroxylation is 2. The Labute approximate surface area is 187 Å². The van der Waals surface area contributed by atoms with Crippen molar-refractivity contribution in [3.8, 4) is 11.5 Å². The molecule has 1 aromatic heterocycles. The van der Waals surface area contributed by atoms with E-state index in [0.29, 0.717) is 47.2 Å². The molecule has 1 aromatic carbocycles. The molecule has 2 aromatic rings. The summed E-state index contributed by atoms with van der Waals surface area (Å²) >= 11 is 0. The second kappa shape index (κ2) is 9.35. The predicted molar refractivity (Wildman–Crippen MR) is 119 cm³/mol. The van der Waals surface area contributed by atoms with E-state index in [1.807, 2.05) is 19.0 Å². The van der Waals surface area contributed by atoms with Crippen LogP contribution in [0.1, 0.15) is 28.7 Å². The first-order chi connectivity index (χ1) is 15.2. The molecule has 0 saturated carbocycles. The molecule has 0 spiro atoms. The maximum Gasteiger partial charge on any atom is 0.295 e. The number of benzene rings is 1. The van der Waals surface area contributed by atoms with Crippen molar-refractivity contribution in [2.24, 2.45) is 0 Å². The summed E-state index contributed by atoms with van der Waals surface area (Å²) in [7, 11) is 6.81. The van der Waals surface area contributed by atoms with E-state index < -0.39 is 17.7 Å². The van der Waals surface area contributed by atoms with Crippen LogP contribution in [0, 0.1) is 13.8 Å². The van der Waals surface area contributed by atoms with Crippen molar-refractivity contribution >= 4 is 17.4 Å². The Balaban J connectivity index is 2.21. The molecular weight excluding hydrogens is 412 g/mol. The summed E-state index contributed by atoms with van der Waals surface area (Å²) in [6.45, 7) is 4.30. The molecule has 1 aliphatic heterocycles. The molecule has 0 bridgehead atoms. The van der Waals surface area contributed by atoms with Gasteiger partial charge < -0.3 is 24.4 Å². The Morgan fingerprint density at radius 1 is 1.16 bits per heavy atom. The van der Waals surface area contributed by atoms with Gasteiger partial charge >= 0.3 is 0 Å². The number of Topliss-reactive ketones (excluding diaryl/α,β-unsaturated/α-hetero) is 1. The SMILES string of the molecule is COc1ccc(C2/C(=C(\O)c3cnc(C)nc3C)C(=O)C(=O)N2CCN(C)C)cc1OC. The highest BCUT2D eigenvalue weighted by Crippen LogP contribution is 2.42. The molecule has 0 aliphatic carbocycles. The maximum absolute atomic E-state index is 13.1. The lowest BCUT2D eigenvalue weighted by molar-refractivity contribution is -0.140. The third-order valence-electron chi connectivity index (χ3n) is 5.41. The van der Waals surface area contributed by atoms with Crippen LogP contribution in [0.4, 0.5) is 0 Å². The summed E-state index contributed by atoms with van der Waals surface area (Å²) in [5, 5.41) is 11.2. The van der Waals surface area contributed by atoms with E-state index in [2.05, 4.69) is 9.97 Å². The average Bonchev–Trinajstić information content (AvgIpc) is 3.01. The van der Waals surface area contributed by atoms with Crippen LogP contribution in [0.15, 0.2) is 30.0 Å². The summed E-state index contributed by atoms with van der Waals surface area (Å²) in [6, 6.07) is 4.38. The smallest absolute Gasteiger partial charge is 0.295 e. The highest BCUT2D eigenvalue weighted by molar-refractivity contribution is 6.46. The first-order valence-electron chi connectivity index (χ1n) is 10.1. The summed E-state index contributed by atoms with van der Waals surface area (Å²) in [5.41, 5.74) is 1.44. The van der Waals surface area contributed by atoms with E-state index >= 15 is 0 Å². The fourth-order valence-electron chi connectivity index (χ4n) is 3.75. The monoisotopic (exact) mass is 440 g/mol. The molecule has 9 nitrogen and oxygen atoms in total. The zero-order chi connectivity index (χ0) is 23.6. The van der Waals surface area contributed by atoms with Gasteiger partial charge in [0, 0.05) is 19.3 Å². The Hall–Kier alpha value is -3.46. The van der Waals surface area contributed by atoms with Crippen LogP contribution in [0.25, 0.3) is 5.76 Å². The lowest BCUT2D eigenvalue weighted by Gasteiger charge is -2.27. The van der Waals surface area contributed by atoms with E-state index in [-0.39, 0.29) is 11.3 Å². The van der Waals surface area contributed by atoms with E-state index in [0.717, 1.165) is 0 Å². The molecule has 170 valence electrons. The van der Waals surface area contributed by atoms with E-state index in [9.17, 15) is 14.7 Å². The third kappa shape index (κ3) is 4.29. The van der Waals surface area contributed by atoms with Crippen LogP contribution in [-0.2, 0) is 9.59 Å². The number of likely N-dealkylation sites (N-methyl/N-ethyl adjacent to an activating group) is 1. The van der Waals surface area contributed by atoms with Crippen molar-refractivity contribution in [3.63, 3.8) is 0 Å². The molecule has 0 radical (unpaired) electrons. The van der Waals surface area contributed by atoms with Crippen molar-refractivity contribution in [2.75, 3.05) is 41.4 Å². The predicted octanol–water partition coefficient (Wildman–Crippen LogP) is 2.09. The first-order valence-corrected chi connectivity index (χ1v) is 10.1. The molecule has 1 amide bonds. The second-order valence-corrected chi connectivity index (χ2v) is 7.83. The van der Waals surface area contributed by atoms with Crippen molar-refractivity contribution < 1.29 is 24.2 Å². The number of likely N-dealkylation sites (tertiary alicyclic amines) is 1. The number of ether oxygens (including phenoxy) is 2. The lowest BCUT2D eigenvalue weighted by Crippen LogP contribution is -2.35. The van der Waals surface area contributed by atoms with Gasteiger partial charge in [-0.1, -0.05) is 6.07 Å². The second-order valence-electron chi connectivity index (χ2n) is 7.83. The van der Waals surface area contributed by atoms with Gasteiger partial charge in [-0.25, -0.2) is 9.97 Å². The molecule has 9 heteroatoms. The van der Waals surface area contributed by atoms with Crippen molar-refractivity contribution in [1.82, 2.24) is 19.8 Å². The van der Waals surface area contributed by atoms with E-state index in [1.165, 1.54) is 25.3 Å². The minimum Gasteiger partial charge on any atom is -0.507 e. The third-order valence-corrected chi connectivity index (χ3v) is 5.41. The minimum atomic E-state index is -0.796. The number of nitrogens with zero attached hydrogens (tertiary/aromatic N) is 4. The van der Waals surface area contributed by atoms with Gasteiger partial charge in [0.15, 0.2) is 11.5 Å². The molecule has 1 atom stereocenters.